The predicted octanol–water partition coefficient (Wildman–Crippen LogP) is 2.77. The van der Waals surface area contributed by atoms with E-state index in [1.54, 1.807) is 18.5 Å². The van der Waals surface area contributed by atoms with Crippen LogP contribution in [0.3, 0.4) is 0 Å². The number of benzene rings is 1. The van der Waals surface area contributed by atoms with E-state index >= 15 is 0 Å². The molecule has 0 atom stereocenters. The Hall–Kier alpha value is -2.76. The van der Waals surface area contributed by atoms with E-state index in [1.165, 1.54) is 0 Å². The molecule has 2 N–H and O–H groups in total. The molecular formula is C17H15BrN6O. The Bertz CT molecular complexity index is 917. The molecule has 0 fully saturated rings. The lowest BCUT2D eigenvalue weighted by Crippen LogP contribution is -2.08. The molecule has 0 aliphatic rings. The number of nitriles is 1. The van der Waals surface area contributed by atoms with Crippen molar-refractivity contribution in [3.05, 3.63) is 58.3 Å². The molecule has 0 amide bonds. The van der Waals surface area contributed by atoms with Crippen LogP contribution in [0.1, 0.15) is 11.1 Å². The second-order valence-electron chi connectivity index (χ2n) is 5.26. The van der Waals surface area contributed by atoms with Crippen LogP contribution < -0.4 is 5.73 Å². The van der Waals surface area contributed by atoms with Crippen LogP contribution in [0.5, 0.6) is 0 Å². The van der Waals surface area contributed by atoms with Crippen molar-refractivity contribution in [3.63, 3.8) is 0 Å². The van der Waals surface area contributed by atoms with E-state index in [1.807, 2.05) is 28.8 Å². The maximum atomic E-state index is 9.17. The molecule has 0 aliphatic carbocycles. The lowest BCUT2D eigenvalue weighted by atomic mass is 10.1. The van der Waals surface area contributed by atoms with Crippen molar-refractivity contribution in [2.45, 2.75) is 13.2 Å². The van der Waals surface area contributed by atoms with Crippen LogP contribution >= 0.6 is 15.9 Å². The van der Waals surface area contributed by atoms with Crippen molar-refractivity contribution in [2.75, 3.05) is 12.3 Å². The number of aromatic nitrogens is 4. The van der Waals surface area contributed by atoms with Crippen LogP contribution in [-0.4, -0.2) is 26.4 Å². The maximum absolute atomic E-state index is 9.17. The number of pyridine rings is 1. The molecule has 126 valence electrons. The molecule has 0 saturated carbocycles. The molecule has 0 bridgehead atoms. The number of nitrogens with two attached hydrogens (primary N) is 1. The Morgan fingerprint density at radius 2 is 2.16 bits per heavy atom. The summed E-state index contributed by atoms with van der Waals surface area (Å²) >= 11 is 3.36. The summed E-state index contributed by atoms with van der Waals surface area (Å²) < 4.78 is 8.43. The van der Waals surface area contributed by atoms with Crippen molar-refractivity contribution in [1.29, 1.82) is 5.26 Å². The predicted molar refractivity (Wildman–Crippen MR) is 96.2 cm³/mol. The minimum Gasteiger partial charge on any atom is -0.384 e. The molecule has 0 saturated heterocycles. The molecule has 8 heteroatoms. The number of hydrogen-bond donors (Lipinski definition) is 1. The van der Waals surface area contributed by atoms with Gasteiger partial charge in [-0.3, -0.25) is 0 Å². The Morgan fingerprint density at radius 3 is 2.96 bits per heavy atom. The van der Waals surface area contributed by atoms with Gasteiger partial charge in [-0.05, 0) is 29.8 Å². The van der Waals surface area contributed by atoms with E-state index in [-0.39, 0.29) is 0 Å². The first-order chi connectivity index (χ1) is 12.2. The summed E-state index contributed by atoms with van der Waals surface area (Å²) in [6.07, 6.45) is 1.63. The van der Waals surface area contributed by atoms with Crippen LogP contribution in [0, 0.1) is 11.3 Å². The van der Waals surface area contributed by atoms with Crippen LogP contribution in [0.4, 0.5) is 5.82 Å². The van der Waals surface area contributed by atoms with Crippen LogP contribution in [0.2, 0.25) is 0 Å². The zero-order valence-corrected chi connectivity index (χ0v) is 14.8. The zero-order chi connectivity index (χ0) is 17.6. The SMILES string of the molecule is N#Cc1cc(Br)ccc1COCCn1cnnc1-c1cccc(N)n1. The van der Waals surface area contributed by atoms with Gasteiger partial charge in [0.1, 0.15) is 17.8 Å². The number of ether oxygens (including phenoxy) is 1. The molecule has 25 heavy (non-hydrogen) atoms. The van der Waals surface area contributed by atoms with Gasteiger partial charge in [0, 0.05) is 11.0 Å². The highest BCUT2D eigenvalue weighted by Gasteiger charge is 2.09. The summed E-state index contributed by atoms with van der Waals surface area (Å²) in [7, 11) is 0. The summed E-state index contributed by atoms with van der Waals surface area (Å²) in [6.45, 7) is 1.38. The normalized spacial score (nSPS) is 10.6. The molecule has 2 heterocycles. The van der Waals surface area contributed by atoms with Gasteiger partial charge in [0.05, 0.1) is 24.8 Å². The van der Waals surface area contributed by atoms with Gasteiger partial charge >= 0.3 is 0 Å². The summed E-state index contributed by atoms with van der Waals surface area (Å²) in [5.41, 5.74) is 7.83. The maximum Gasteiger partial charge on any atom is 0.182 e. The topological polar surface area (TPSA) is 103 Å². The summed E-state index contributed by atoms with van der Waals surface area (Å²) in [5.74, 6) is 1.07. The number of nitrogens with zero attached hydrogens (tertiary/aromatic N) is 5. The van der Waals surface area contributed by atoms with Crippen molar-refractivity contribution in [2.24, 2.45) is 0 Å². The van der Waals surface area contributed by atoms with Gasteiger partial charge in [-0.2, -0.15) is 5.26 Å². The molecule has 0 aliphatic heterocycles. The molecule has 7 nitrogen and oxygen atoms in total. The van der Waals surface area contributed by atoms with E-state index < -0.39 is 0 Å². The van der Waals surface area contributed by atoms with Crippen LogP contribution in [0.15, 0.2) is 47.2 Å². The summed E-state index contributed by atoms with van der Waals surface area (Å²) in [5, 5.41) is 17.2. The zero-order valence-electron chi connectivity index (χ0n) is 13.3. The lowest BCUT2D eigenvalue weighted by molar-refractivity contribution is 0.113. The monoisotopic (exact) mass is 398 g/mol. The van der Waals surface area contributed by atoms with Gasteiger partial charge in [0.25, 0.3) is 0 Å². The third-order valence-electron chi connectivity index (χ3n) is 3.54. The van der Waals surface area contributed by atoms with Crippen molar-refractivity contribution >= 4 is 21.7 Å². The largest absolute Gasteiger partial charge is 0.384 e. The minimum absolute atomic E-state index is 0.365. The van der Waals surface area contributed by atoms with E-state index in [2.05, 4.69) is 37.2 Å². The number of rotatable bonds is 6. The minimum atomic E-state index is 0.365. The number of anilines is 1. The number of nitrogen functional groups attached to an aromatic ring is 1. The molecule has 0 unspecified atom stereocenters. The third kappa shape index (κ3) is 4.21. The fourth-order valence-corrected chi connectivity index (χ4v) is 2.68. The Balaban J connectivity index is 1.61. The fraction of sp³-hybridized carbons (Fsp3) is 0.176. The highest BCUT2D eigenvalue weighted by atomic mass is 79.9. The average Bonchev–Trinajstić information content (AvgIpc) is 3.08. The first kappa shape index (κ1) is 17.1. The molecule has 0 spiro atoms. The van der Waals surface area contributed by atoms with Crippen LogP contribution in [0.25, 0.3) is 11.5 Å². The average molecular weight is 399 g/mol. The Kier molecular flexibility index (Phi) is 5.38. The van der Waals surface area contributed by atoms with E-state index in [0.29, 0.717) is 42.7 Å². The molecular weight excluding hydrogens is 384 g/mol. The van der Waals surface area contributed by atoms with Gasteiger partial charge in [0.15, 0.2) is 5.82 Å². The Labute approximate surface area is 153 Å². The van der Waals surface area contributed by atoms with Crippen molar-refractivity contribution in [1.82, 2.24) is 19.7 Å². The van der Waals surface area contributed by atoms with E-state index in [4.69, 9.17) is 10.5 Å². The molecule has 3 rings (SSSR count). The van der Waals surface area contributed by atoms with Gasteiger partial charge in [-0.25, -0.2) is 4.98 Å². The quantitative estimate of drug-likeness (QED) is 0.640. The lowest BCUT2D eigenvalue weighted by Gasteiger charge is -2.09. The standard InChI is InChI=1S/C17H15BrN6O/c18-14-5-4-12(13(8-14)9-19)10-25-7-6-24-11-21-23-17(24)15-2-1-3-16(20)22-15/h1-5,8,11H,6-7,10H2,(H2,20,22). The fourth-order valence-electron chi connectivity index (χ4n) is 2.32. The van der Waals surface area contributed by atoms with Gasteiger partial charge in [-0.15, -0.1) is 10.2 Å². The number of halogens is 1. The third-order valence-corrected chi connectivity index (χ3v) is 4.03. The van der Waals surface area contributed by atoms with Crippen molar-refractivity contribution in [3.8, 4) is 17.6 Å². The summed E-state index contributed by atoms with van der Waals surface area (Å²) in [6, 6.07) is 13.1. The van der Waals surface area contributed by atoms with Gasteiger partial charge in [0.2, 0.25) is 0 Å². The van der Waals surface area contributed by atoms with Gasteiger partial charge < -0.3 is 15.0 Å². The summed E-state index contributed by atoms with van der Waals surface area (Å²) in [4.78, 5) is 4.26. The first-order valence-electron chi connectivity index (χ1n) is 7.54. The van der Waals surface area contributed by atoms with Gasteiger partial charge in [-0.1, -0.05) is 28.1 Å². The highest BCUT2D eigenvalue weighted by Crippen LogP contribution is 2.17. The highest BCUT2D eigenvalue weighted by molar-refractivity contribution is 9.10. The van der Waals surface area contributed by atoms with E-state index in [9.17, 15) is 5.26 Å². The number of hydrogen-bond acceptors (Lipinski definition) is 6. The second kappa shape index (κ2) is 7.88. The molecule has 1 aromatic carbocycles. The van der Waals surface area contributed by atoms with Crippen molar-refractivity contribution < 1.29 is 4.74 Å². The Morgan fingerprint density at radius 1 is 1.28 bits per heavy atom. The molecule has 0 radical (unpaired) electrons. The van der Waals surface area contributed by atoms with Crippen LogP contribution in [-0.2, 0) is 17.9 Å². The smallest absolute Gasteiger partial charge is 0.182 e. The first-order valence-corrected chi connectivity index (χ1v) is 8.33. The molecule has 3 aromatic rings. The molecule has 2 aromatic heterocycles. The van der Waals surface area contributed by atoms with E-state index in [0.717, 1.165) is 10.0 Å². The second-order valence-corrected chi connectivity index (χ2v) is 6.18.